The molecule has 0 aromatic heterocycles. The van der Waals surface area contributed by atoms with E-state index in [1.807, 2.05) is 31.1 Å². The van der Waals surface area contributed by atoms with Gasteiger partial charge in [-0.15, -0.1) is 6.58 Å². The molecular formula is C12H16O3. The number of benzene rings is 1. The first-order valence-electron chi connectivity index (χ1n) is 4.42. The largest absolute Gasteiger partial charge is 0.493 e. The number of rotatable bonds is 4. The van der Waals surface area contributed by atoms with E-state index < -0.39 is 0 Å². The number of hydrogen-bond acceptors (Lipinski definition) is 3. The molecule has 0 N–H and O–H groups in total. The summed E-state index contributed by atoms with van der Waals surface area (Å²) in [6, 6.07) is 5.86. The molecule has 0 spiro atoms. The number of carbonyl (C=O) groups is 1. The first-order chi connectivity index (χ1) is 7.31. The lowest BCUT2D eigenvalue weighted by molar-refractivity contribution is -0.0979. The van der Waals surface area contributed by atoms with Gasteiger partial charge in [0.2, 0.25) is 0 Å². The SMILES string of the molecule is C=CCc1ccc(OC)c(OC)c1.C=O. The Labute approximate surface area is 90.3 Å². The number of allylic oxidation sites excluding steroid dienone is 1. The first-order valence-corrected chi connectivity index (χ1v) is 4.42. The van der Waals surface area contributed by atoms with E-state index >= 15 is 0 Å². The first kappa shape index (κ1) is 13.2. The van der Waals surface area contributed by atoms with Crippen molar-refractivity contribution in [2.24, 2.45) is 0 Å². The number of carbonyl (C=O) groups excluding carboxylic acids is 1. The quantitative estimate of drug-likeness (QED) is 0.712. The predicted molar refractivity (Wildman–Crippen MR) is 60.6 cm³/mol. The van der Waals surface area contributed by atoms with Crippen LogP contribution in [0.25, 0.3) is 0 Å². The fourth-order valence-corrected chi connectivity index (χ4v) is 1.17. The van der Waals surface area contributed by atoms with Gasteiger partial charge in [-0.2, -0.15) is 0 Å². The maximum absolute atomic E-state index is 8.00. The van der Waals surface area contributed by atoms with Gasteiger partial charge < -0.3 is 14.3 Å². The van der Waals surface area contributed by atoms with Crippen LogP contribution in [0.5, 0.6) is 11.5 Å². The zero-order valence-corrected chi connectivity index (χ0v) is 9.16. The van der Waals surface area contributed by atoms with Crippen LogP contribution in [0.3, 0.4) is 0 Å². The summed E-state index contributed by atoms with van der Waals surface area (Å²) in [5.74, 6) is 1.53. The molecule has 0 aliphatic carbocycles. The maximum Gasteiger partial charge on any atom is 0.160 e. The molecule has 0 aliphatic rings. The average Bonchev–Trinajstić information content (AvgIpc) is 2.32. The fraction of sp³-hybridized carbons (Fsp3) is 0.250. The Morgan fingerprint density at radius 2 is 1.80 bits per heavy atom. The van der Waals surface area contributed by atoms with Crippen LogP contribution >= 0.6 is 0 Å². The molecular weight excluding hydrogens is 192 g/mol. The van der Waals surface area contributed by atoms with E-state index in [4.69, 9.17) is 14.3 Å². The molecule has 1 rings (SSSR count). The van der Waals surface area contributed by atoms with E-state index in [0.717, 1.165) is 17.9 Å². The van der Waals surface area contributed by atoms with E-state index in [1.165, 1.54) is 5.56 Å². The van der Waals surface area contributed by atoms with Crippen LogP contribution in [-0.2, 0) is 11.2 Å². The molecule has 82 valence electrons. The molecule has 3 heteroatoms. The van der Waals surface area contributed by atoms with Crippen molar-refractivity contribution in [3.05, 3.63) is 36.4 Å². The van der Waals surface area contributed by atoms with Crippen LogP contribution in [-0.4, -0.2) is 21.0 Å². The number of methoxy groups -OCH3 is 2. The highest BCUT2D eigenvalue weighted by Crippen LogP contribution is 2.27. The zero-order valence-electron chi connectivity index (χ0n) is 9.16. The van der Waals surface area contributed by atoms with Crippen molar-refractivity contribution in [3.63, 3.8) is 0 Å². The normalized spacial score (nSPS) is 8.40. The summed E-state index contributed by atoms with van der Waals surface area (Å²) in [7, 11) is 3.26. The Hall–Kier alpha value is -1.77. The molecule has 0 heterocycles. The van der Waals surface area contributed by atoms with Crippen molar-refractivity contribution in [1.29, 1.82) is 0 Å². The molecule has 0 aliphatic heterocycles. The Morgan fingerprint density at radius 3 is 2.27 bits per heavy atom. The van der Waals surface area contributed by atoms with Gasteiger partial charge in [-0.05, 0) is 24.1 Å². The smallest absolute Gasteiger partial charge is 0.160 e. The van der Waals surface area contributed by atoms with E-state index in [0.29, 0.717) is 0 Å². The fourth-order valence-electron chi connectivity index (χ4n) is 1.17. The molecule has 0 atom stereocenters. The van der Waals surface area contributed by atoms with Gasteiger partial charge in [0.25, 0.3) is 0 Å². The van der Waals surface area contributed by atoms with Crippen LogP contribution in [0.1, 0.15) is 5.56 Å². The van der Waals surface area contributed by atoms with Crippen LogP contribution < -0.4 is 9.47 Å². The molecule has 0 bridgehead atoms. The summed E-state index contributed by atoms with van der Waals surface area (Å²) in [5.41, 5.74) is 1.17. The van der Waals surface area contributed by atoms with Crippen molar-refractivity contribution in [1.82, 2.24) is 0 Å². The minimum Gasteiger partial charge on any atom is -0.493 e. The molecule has 0 saturated carbocycles. The molecule has 1 aromatic rings. The molecule has 15 heavy (non-hydrogen) atoms. The van der Waals surface area contributed by atoms with Crippen LogP contribution in [0.4, 0.5) is 0 Å². The van der Waals surface area contributed by atoms with Crippen LogP contribution in [0.2, 0.25) is 0 Å². The van der Waals surface area contributed by atoms with Gasteiger partial charge in [0.05, 0.1) is 14.2 Å². The van der Waals surface area contributed by atoms with Gasteiger partial charge >= 0.3 is 0 Å². The van der Waals surface area contributed by atoms with Gasteiger partial charge in [-0.3, -0.25) is 0 Å². The summed E-state index contributed by atoms with van der Waals surface area (Å²) in [4.78, 5) is 8.00. The van der Waals surface area contributed by atoms with Crippen molar-refractivity contribution in [2.75, 3.05) is 14.2 Å². The minimum absolute atomic E-state index is 0.760. The Morgan fingerprint density at radius 1 is 1.20 bits per heavy atom. The molecule has 0 radical (unpaired) electrons. The second kappa shape index (κ2) is 7.62. The highest BCUT2D eigenvalue weighted by atomic mass is 16.5. The average molecular weight is 208 g/mol. The third-order valence-corrected chi connectivity index (χ3v) is 1.83. The summed E-state index contributed by atoms with van der Waals surface area (Å²) in [5, 5.41) is 0. The molecule has 0 unspecified atom stereocenters. The van der Waals surface area contributed by atoms with Gasteiger partial charge in [0, 0.05) is 0 Å². The monoisotopic (exact) mass is 208 g/mol. The van der Waals surface area contributed by atoms with Crippen molar-refractivity contribution in [3.8, 4) is 11.5 Å². The Bertz CT molecular complexity index is 308. The lowest BCUT2D eigenvalue weighted by Gasteiger charge is -2.08. The second-order valence-corrected chi connectivity index (χ2v) is 2.68. The highest BCUT2D eigenvalue weighted by molar-refractivity contribution is 5.43. The van der Waals surface area contributed by atoms with Crippen molar-refractivity contribution >= 4 is 6.79 Å². The van der Waals surface area contributed by atoms with Gasteiger partial charge in [0.15, 0.2) is 11.5 Å². The van der Waals surface area contributed by atoms with Crippen LogP contribution in [0.15, 0.2) is 30.9 Å². The summed E-state index contributed by atoms with van der Waals surface area (Å²) in [6.45, 7) is 5.68. The molecule has 0 saturated heterocycles. The van der Waals surface area contributed by atoms with E-state index in [1.54, 1.807) is 14.2 Å². The second-order valence-electron chi connectivity index (χ2n) is 2.68. The molecule has 1 aromatic carbocycles. The van der Waals surface area contributed by atoms with E-state index in [9.17, 15) is 0 Å². The third-order valence-electron chi connectivity index (χ3n) is 1.83. The van der Waals surface area contributed by atoms with Gasteiger partial charge in [0.1, 0.15) is 6.79 Å². The standard InChI is InChI=1S/C11H14O2.CH2O/c1-4-5-9-6-7-10(12-2)11(8-9)13-3;1-2/h4,6-8H,1,5H2,2-3H3;1H2. The highest BCUT2D eigenvalue weighted by Gasteiger charge is 2.02. The number of ether oxygens (including phenoxy) is 2. The summed E-state index contributed by atoms with van der Waals surface area (Å²) >= 11 is 0. The van der Waals surface area contributed by atoms with Gasteiger partial charge in [-0.25, -0.2) is 0 Å². The summed E-state index contributed by atoms with van der Waals surface area (Å²) < 4.78 is 10.3. The minimum atomic E-state index is 0.760. The summed E-state index contributed by atoms with van der Waals surface area (Å²) in [6.07, 6.45) is 2.71. The van der Waals surface area contributed by atoms with Gasteiger partial charge in [-0.1, -0.05) is 12.1 Å². The Balaban J connectivity index is 0.000000921. The Kier molecular flexibility index (Phi) is 6.72. The van der Waals surface area contributed by atoms with Crippen molar-refractivity contribution < 1.29 is 14.3 Å². The van der Waals surface area contributed by atoms with E-state index in [2.05, 4.69) is 6.58 Å². The van der Waals surface area contributed by atoms with E-state index in [-0.39, 0.29) is 0 Å². The third kappa shape index (κ3) is 3.85. The maximum atomic E-state index is 8.00. The molecule has 0 amide bonds. The lowest BCUT2D eigenvalue weighted by Crippen LogP contribution is -1.91. The van der Waals surface area contributed by atoms with Crippen molar-refractivity contribution in [2.45, 2.75) is 6.42 Å². The molecule has 0 fully saturated rings. The predicted octanol–water partition coefficient (Wildman–Crippen LogP) is 2.25. The molecule has 3 nitrogen and oxygen atoms in total. The topological polar surface area (TPSA) is 35.5 Å². The zero-order chi connectivity index (χ0) is 11.7. The lowest BCUT2D eigenvalue weighted by atomic mass is 10.1. The van der Waals surface area contributed by atoms with Crippen LogP contribution in [0, 0.1) is 0 Å². The number of hydrogen-bond donors (Lipinski definition) is 0.